The van der Waals surface area contributed by atoms with E-state index in [1.54, 1.807) is 0 Å². The normalized spacial score (nSPS) is 38.2. The van der Waals surface area contributed by atoms with Crippen molar-refractivity contribution in [1.82, 2.24) is 15.5 Å². The third kappa shape index (κ3) is 3.47. The molecular formula is C14H23N3O4. The Morgan fingerprint density at radius 3 is 2.52 bits per heavy atom. The van der Waals surface area contributed by atoms with Crippen molar-refractivity contribution in [3.8, 4) is 0 Å². The summed E-state index contributed by atoms with van der Waals surface area (Å²) in [6, 6.07) is 0.0693. The molecule has 0 aromatic rings. The Bertz CT molecular complexity index is 409. The first-order chi connectivity index (χ1) is 10.1. The van der Waals surface area contributed by atoms with Gasteiger partial charge in [-0.05, 0) is 44.7 Å². The van der Waals surface area contributed by atoms with Crippen LogP contribution < -0.4 is 10.6 Å². The standard InChI is InChI=1S/C14H23N3O4/c18-13(19)12-2-1-10(21-12)7-15-14(20)16-11-8-17-5-3-9(11)4-6-17/h9-12H,1-8H2,(H,18,19)(H2,15,16,20). The second kappa shape index (κ2) is 6.19. The Morgan fingerprint density at radius 2 is 1.95 bits per heavy atom. The molecule has 2 bridgehead atoms. The molecule has 0 aliphatic carbocycles. The second-order valence-electron chi connectivity index (χ2n) is 6.26. The van der Waals surface area contributed by atoms with Crippen LogP contribution in [0.3, 0.4) is 0 Å². The Kier molecular flexibility index (Phi) is 4.30. The summed E-state index contributed by atoms with van der Waals surface area (Å²) in [6.07, 6.45) is 2.61. The topological polar surface area (TPSA) is 90.9 Å². The molecule has 3 atom stereocenters. The zero-order valence-electron chi connectivity index (χ0n) is 12.1. The third-order valence-electron chi connectivity index (χ3n) is 4.85. The van der Waals surface area contributed by atoms with Gasteiger partial charge in [0.25, 0.3) is 0 Å². The number of rotatable bonds is 4. The number of aliphatic carboxylic acids is 1. The van der Waals surface area contributed by atoms with Gasteiger partial charge in [-0.2, -0.15) is 0 Å². The molecule has 4 fully saturated rings. The Hall–Kier alpha value is -1.34. The summed E-state index contributed by atoms with van der Waals surface area (Å²) in [4.78, 5) is 25.1. The van der Waals surface area contributed by atoms with Crippen molar-refractivity contribution >= 4 is 12.0 Å². The minimum absolute atomic E-state index is 0.170. The number of fused-ring (bicyclic) bond motifs is 3. The average molecular weight is 297 g/mol. The van der Waals surface area contributed by atoms with Crippen molar-refractivity contribution in [3.63, 3.8) is 0 Å². The summed E-state index contributed by atoms with van der Waals surface area (Å²) >= 11 is 0. The highest BCUT2D eigenvalue weighted by Crippen LogP contribution is 2.27. The van der Waals surface area contributed by atoms with Crippen LogP contribution in [0.2, 0.25) is 0 Å². The van der Waals surface area contributed by atoms with Crippen LogP contribution in [0.15, 0.2) is 0 Å². The van der Waals surface area contributed by atoms with Crippen LogP contribution in [0.1, 0.15) is 25.7 Å². The van der Waals surface area contributed by atoms with Gasteiger partial charge in [0.1, 0.15) is 0 Å². The van der Waals surface area contributed by atoms with Gasteiger partial charge in [-0.15, -0.1) is 0 Å². The van der Waals surface area contributed by atoms with Crippen LogP contribution in [0, 0.1) is 5.92 Å². The van der Waals surface area contributed by atoms with E-state index in [1.807, 2.05) is 0 Å². The molecule has 3 unspecified atom stereocenters. The Morgan fingerprint density at radius 1 is 1.19 bits per heavy atom. The zero-order chi connectivity index (χ0) is 14.8. The van der Waals surface area contributed by atoms with E-state index >= 15 is 0 Å². The molecule has 3 N–H and O–H groups in total. The van der Waals surface area contributed by atoms with Gasteiger partial charge in [-0.1, -0.05) is 0 Å². The number of carbonyl (C=O) groups is 2. The number of hydrogen-bond acceptors (Lipinski definition) is 4. The van der Waals surface area contributed by atoms with E-state index in [1.165, 1.54) is 0 Å². The van der Waals surface area contributed by atoms with E-state index in [2.05, 4.69) is 15.5 Å². The highest BCUT2D eigenvalue weighted by Gasteiger charge is 2.35. The second-order valence-corrected chi connectivity index (χ2v) is 6.26. The van der Waals surface area contributed by atoms with E-state index in [-0.39, 0.29) is 18.2 Å². The van der Waals surface area contributed by atoms with Gasteiger partial charge in [0, 0.05) is 19.1 Å². The summed E-state index contributed by atoms with van der Waals surface area (Å²) < 4.78 is 5.36. The number of nitrogens with zero attached hydrogens (tertiary/aromatic N) is 1. The molecule has 4 aliphatic heterocycles. The molecule has 4 heterocycles. The molecule has 4 saturated heterocycles. The fourth-order valence-corrected chi connectivity index (χ4v) is 3.59. The number of amides is 2. The number of carboxylic acid groups (broad SMARTS) is 1. The van der Waals surface area contributed by atoms with E-state index in [0.717, 1.165) is 32.5 Å². The van der Waals surface area contributed by atoms with Crippen molar-refractivity contribution < 1.29 is 19.4 Å². The Balaban J connectivity index is 1.38. The molecular weight excluding hydrogens is 274 g/mol. The van der Waals surface area contributed by atoms with Crippen LogP contribution >= 0.6 is 0 Å². The molecule has 4 rings (SSSR count). The molecule has 0 saturated carbocycles. The maximum atomic E-state index is 11.9. The molecule has 0 radical (unpaired) electrons. The van der Waals surface area contributed by atoms with Gasteiger partial charge in [-0.25, -0.2) is 9.59 Å². The van der Waals surface area contributed by atoms with Crippen LogP contribution in [-0.4, -0.2) is 66.4 Å². The maximum absolute atomic E-state index is 11.9. The van der Waals surface area contributed by atoms with Gasteiger partial charge >= 0.3 is 12.0 Å². The maximum Gasteiger partial charge on any atom is 0.332 e. The number of ether oxygens (including phenoxy) is 1. The number of urea groups is 1. The number of piperidine rings is 3. The van der Waals surface area contributed by atoms with Crippen LogP contribution in [0.5, 0.6) is 0 Å². The van der Waals surface area contributed by atoms with E-state index < -0.39 is 12.1 Å². The summed E-state index contributed by atoms with van der Waals surface area (Å²) in [5, 5.41) is 14.7. The number of nitrogens with one attached hydrogen (secondary N) is 2. The van der Waals surface area contributed by atoms with E-state index in [9.17, 15) is 9.59 Å². The van der Waals surface area contributed by atoms with E-state index in [4.69, 9.17) is 9.84 Å². The molecule has 4 aliphatic rings. The highest BCUT2D eigenvalue weighted by atomic mass is 16.5. The third-order valence-corrected chi connectivity index (χ3v) is 4.85. The number of carbonyl (C=O) groups excluding carboxylic acids is 1. The van der Waals surface area contributed by atoms with Crippen LogP contribution in [0.25, 0.3) is 0 Å². The fourth-order valence-electron chi connectivity index (χ4n) is 3.59. The molecule has 21 heavy (non-hydrogen) atoms. The minimum Gasteiger partial charge on any atom is -0.479 e. The molecule has 7 nitrogen and oxygen atoms in total. The van der Waals surface area contributed by atoms with Crippen molar-refractivity contribution in [1.29, 1.82) is 0 Å². The summed E-state index contributed by atoms with van der Waals surface area (Å²) in [7, 11) is 0. The largest absolute Gasteiger partial charge is 0.479 e. The lowest BCUT2D eigenvalue weighted by Gasteiger charge is -2.44. The lowest BCUT2D eigenvalue weighted by atomic mass is 9.84. The first-order valence-electron chi connectivity index (χ1n) is 7.77. The SMILES string of the molecule is O=C(NCC1CCC(C(=O)O)O1)NC1CN2CCC1CC2. The van der Waals surface area contributed by atoms with Gasteiger partial charge in [0.2, 0.25) is 0 Å². The smallest absolute Gasteiger partial charge is 0.332 e. The van der Waals surface area contributed by atoms with Crippen molar-refractivity contribution in [2.75, 3.05) is 26.2 Å². The lowest BCUT2D eigenvalue weighted by Crippen LogP contribution is -2.59. The highest BCUT2D eigenvalue weighted by molar-refractivity contribution is 5.74. The van der Waals surface area contributed by atoms with E-state index in [0.29, 0.717) is 25.3 Å². The lowest BCUT2D eigenvalue weighted by molar-refractivity contribution is -0.149. The van der Waals surface area contributed by atoms with Gasteiger partial charge in [0.05, 0.1) is 6.10 Å². The number of hydrogen-bond donors (Lipinski definition) is 3. The van der Waals surface area contributed by atoms with Crippen molar-refractivity contribution in [2.24, 2.45) is 5.92 Å². The molecule has 0 aromatic carbocycles. The average Bonchev–Trinajstić information content (AvgIpc) is 2.95. The molecule has 118 valence electrons. The predicted molar refractivity (Wildman–Crippen MR) is 75.0 cm³/mol. The monoisotopic (exact) mass is 297 g/mol. The molecule has 0 spiro atoms. The summed E-state index contributed by atoms with van der Waals surface area (Å²) in [6.45, 7) is 3.61. The molecule has 0 aromatic heterocycles. The number of carboxylic acids is 1. The zero-order valence-corrected chi connectivity index (χ0v) is 12.1. The minimum atomic E-state index is -0.922. The van der Waals surface area contributed by atoms with Crippen LogP contribution in [0.4, 0.5) is 4.79 Å². The molecule has 7 heteroatoms. The first-order valence-corrected chi connectivity index (χ1v) is 7.77. The first kappa shape index (κ1) is 14.6. The van der Waals surface area contributed by atoms with Gasteiger partial charge in [-0.3, -0.25) is 0 Å². The van der Waals surface area contributed by atoms with Gasteiger partial charge in [0.15, 0.2) is 6.10 Å². The Labute approximate surface area is 124 Å². The fraction of sp³-hybridized carbons (Fsp3) is 0.857. The quantitative estimate of drug-likeness (QED) is 0.680. The van der Waals surface area contributed by atoms with Gasteiger partial charge < -0.3 is 25.4 Å². The molecule has 2 amide bonds. The summed E-state index contributed by atoms with van der Waals surface area (Å²) in [5.41, 5.74) is 0. The summed E-state index contributed by atoms with van der Waals surface area (Å²) in [5.74, 6) is -0.325. The van der Waals surface area contributed by atoms with Crippen molar-refractivity contribution in [3.05, 3.63) is 0 Å². The predicted octanol–water partition coefficient (Wildman–Crippen LogP) is 0.0120. The van der Waals surface area contributed by atoms with Crippen LogP contribution in [-0.2, 0) is 9.53 Å². The van der Waals surface area contributed by atoms with Crippen molar-refractivity contribution in [2.45, 2.75) is 43.9 Å².